The largest absolute Gasteiger partial charge is 0.493 e. The fourth-order valence-electron chi connectivity index (χ4n) is 5.26. The molecule has 1 aliphatic carbocycles. The highest BCUT2D eigenvalue weighted by molar-refractivity contribution is 5.95. The van der Waals surface area contributed by atoms with E-state index in [9.17, 15) is 22.4 Å². The zero-order valence-electron chi connectivity index (χ0n) is 21.0. The van der Waals surface area contributed by atoms with E-state index in [1.54, 1.807) is 6.08 Å². The van der Waals surface area contributed by atoms with Gasteiger partial charge in [-0.25, -0.2) is 8.78 Å². The molecule has 1 heterocycles. The minimum atomic E-state index is -3.02. The van der Waals surface area contributed by atoms with Crippen LogP contribution in [0.15, 0.2) is 42.0 Å². The fraction of sp³-hybridized carbons (Fsp3) is 0.464. The molecule has 2 unspecified atom stereocenters. The quantitative estimate of drug-likeness (QED) is 0.388. The monoisotopic (exact) mass is 520 g/mol. The molecule has 1 N–H and O–H groups in total. The maximum atomic E-state index is 14.3. The summed E-state index contributed by atoms with van der Waals surface area (Å²) in [6, 6.07) is 7.59. The lowest BCUT2D eigenvalue weighted by Gasteiger charge is -2.44. The summed E-state index contributed by atoms with van der Waals surface area (Å²) < 4.78 is 63.0. The highest BCUT2D eigenvalue weighted by Crippen LogP contribution is 2.37. The molecule has 2 aromatic carbocycles. The van der Waals surface area contributed by atoms with Gasteiger partial charge < -0.3 is 19.7 Å². The van der Waals surface area contributed by atoms with Gasteiger partial charge in [0.2, 0.25) is 0 Å². The number of nitrogens with one attached hydrogen (secondary N) is 1. The second-order valence-corrected chi connectivity index (χ2v) is 9.72. The molecule has 1 saturated heterocycles. The van der Waals surface area contributed by atoms with Crippen molar-refractivity contribution in [3.63, 3.8) is 0 Å². The van der Waals surface area contributed by atoms with E-state index in [1.807, 2.05) is 11.8 Å². The van der Waals surface area contributed by atoms with Crippen LogP contribution in [-0.2, 0) is 0 Å². The third-order valence-electron chi connectivity index (χ3n) is 7.18. The number of ether oxygens (including phenoxy) is 2. The average molecular weight is 521 g/mol. The summed E-state index contributed by atoms with van der Waals surface area (Å²) in [6.07, 6.45) is 6.68. The number of rotatable bonds is 10. The molecule has 0 aromatic heterocycles. The topological polar surface area (TPSA) is 50.8 Å². The van der Waals surface area contributed by atoms with Gasteiger partial charge in [0.25, 0.3) is 5.91 Å². The second-order valence-electron chi connectivity index (χ2n) is 9.72. The Hall–Kier alpha value is -3.07. The van der Waals surface area contributed by atoms with Crippen molar-refractivity contribution in [3.8, 4) is 11.5 Å². The zero-order chi connectivity index (χ0) is 26.5. The van der Waals surface area contributed by atoms with E-state index in [4.69, 9.17) is 4.74 Å². The normalized spacial score (nSPS) is 19.0. The number of carbonyl (C=O) groups is 1. The van der Waals surface area contributed by atoms with Crippen molar-refractivity contribution < 1.29 is 31.8 Å². The summed E-state index contributed by atoms with van der Waals surface area (Å²) in [5.41, 5.74) is 1.24. The second kappa shape index (κ2) is 12.0. The van der Waals surface area contributed by atoms with Gasteiger partial charge in [0.1, 0.15) is 11.6 Å². The van der Waals surface area contributed by atoms with Crippen LogP contribution in [0.25, 0.3) is 6.08 Å². The van der Waals surface area contributed by atoms with Gasteiger partial charge in [-0.05, 0) is 75.4 Å². The number of methoxy groups -OCH3 is 1. The van der Waals surface area contributed by atoms with Crippen LogP contribution in [0.2, 0.25) is 0 Å². The maximum Gasteiger partial charge on any atom is 0.387 e. The molecule has 9 heteroatoms. The van der Waals surface area contributed by atoms with Gasteiger partial charge in [-0.15, -0.1) is 0 Å². The minimum absolute atomic E-state index is 0.0333. The third kappa shape index (κ3) is 6.44. The molecule has 0 radical (unpaired) electrons. The van der Waals surface area contributed by atoms with E-state index in [0.717, 1.165) is 50.3 Å². The van der Waals surface area contributed by atoms with E-state index in [2.05, 4.69) is 10.1 Å². The molecule has 2 aromatic rings. The average Bonchev–Trinajstić information content (AvgIpc) is 3.36. The number of benzene rings is 2. The molecular formula is C28H32F4N2O3. The number of halogens is 4. The van der Waals surface area contributed by atoms with Crippen LogP contribution in [0.4, 0.5) is 17.6 Å². The Balaban J connectivity index is 1.69. The summed E-state index contributed by atoms with van der Waals surface area (Å²) in [7, 11) is 1.32. The Morgan fingerprint density at radius 1 is 1.11 bits per heavy atom. The number of hydrogen-bond donors (Lipinski definition) is 1. The van der Waals surface area contributed by atoms with Gasteiger partial charge in [-0.1, -0.05) is 18.1 Å². The first-order chi connectivity index (χ1) is 17.8. The van der Waals surface area contributed by atoms with Gasteiger partial charge in [0.15, 0.2) is 11.5 Å². The first-order valence-electron chi connectivity index (χ1n) is 12.6. The van der Waals surface area contributed by atoms with Gasteiger partial charge in [-0.3, -0.25) is 4.79 Å². The van der Waals surface area contributed by atoms with Gasteiger partial charge in [0.05, 0.1) is 13.2 Å². The molecule has 5 nitrogen and oxygen atoms in total. The van der Waals surface area contributed by atoms with Crippen LogP contribution in [-0.4, -0.2) is 49.7 Å². The molecule has 1 aliphatic heterocycles. The predicted octanol–water partition coefficient (Wildman–Crippen LogP) is 6.04. The molecule has 0 bridgehead atoms. The van der Waals surface area contributed by atoms with Crippen molar-refractivity contribution in [2.24, 2.45) is 5.92 Å². The first kappa shape index (κ1) is 27.0. The maximum absolute atomic E-state index is 14.3. The Bertz CT molecular complexity index is 1130. The van der Waals surface area contributed by atoms with Crippen molar-refractivity contribution in [1.82, 2.24) is 10.2 Å². The van der Waals surface area contributed by atoms with Crippen LogP contribution in [0.1, 0.15) is 54.9 Å². The molecule has 2 aliphatic rings. The Labute approximate surface area is 214 Å². The number of carbonyl (C=O) groups excluding carboxylic acids is 1. The van der Waals surface area contributed by atoms with Crippen LogP contribution < -0.4 is 14.8 Å². The predicted molar refractivity (Wildman–Crippen MR) is 133 cm³/mol. The third-order valence-corrected chi connectivity index (χ3v) is 7.18. The van der Waals surface area contributed by atoms with E-state index >= 15 is 0 Å². The Morgan fingerprint density at radius 3 is 2.49 bits per heavy atom. The van der Waals surface area contributed by atoms with E-state index < -0.39 is 18.2 Å². The summed E-state index contributed by atoms with van der Waals surface area (Å²) in [4.78, 5) is 15.8. The van der Waals surface area contributed by atoms with Crippen molar-refractivity contribution >= 4 is 12.0 Å². The summed E-state index contributed by atoms with van der Waals surface area (Å²) in [6.45, 7) is -0.114. The lowest BCUT2D eigenvalue weighted by atomic mass is 9.75. The van der Waals surface area contributed by atoms with Crippen LogP contribution in [0.3, 0.4) is 0 Å². The minimum Gasteiger partial charge on any atom is -0.493 e. The Morgan fingerprint density at radius 2 is 1.89 bits per heavy atom. The fourth-order valence-corrected chi connectivity index (χ4v) is 5.26. The van der Waals surface area contributed by atoms with Crippen LogP contribution in [0, 0.1) is 17.6 Å². The molecule has 1 amide bonds. The van der Waals surface area contributed by atoms with E-state index in [0.29, 0.717) is 5.92 Å². The SMILES string of the molecule is COc1cc(C(=O)N(CC(C)=Cc2ccc(F)cc2F)C(C2CCC2)C2CCCN2)ccc1OC(F)F. The summed E-state index contributed by atoms with van der Waals surface area (Å²) >= 11 is 0. The van der Waals surface area contributed by atoms with Crippen molar-refractivity contribution in [2.75, 3.05) is 20.2 Å². The highest BCUT2D eigenvalue weighted by atomic mass is 19.3. The summed E-state index contributed by atoms with van der Waals surface area (Å²) in [5, 5.41) is 3.54. The molecule has 4 rings (SSSR count). The molecule has 0 spiro atoms. The standard InChI is InChI=1S/C28H32F4N2O3/c1-17(13-19-8-10-21(29)15-22(19)30)16-34(26(18-5-3-6-18)23-7-4-12-33-23)27(35)20-9-11-24(37-28(31)32)25(14-20)36-2/h8-11,13-15,18,23,26,28,33H,3-7,12,16H2,1-2H3. The van der Waals surface area contributed by atoms with Gasteiger partial charge in [0, 0.05) is 29.8 Å². The first-order valence-corrected chi connectivity index (χ1v) is 12.6. The van der Waals surface area contributed by atoms with Crippen molar-refractivity contribution in [1.29, 1.82) is 0 Å². The zero-order valence-corrected chi connectivity index (χ0v) is 21.0. The summed E-state index contributed by atoms with van der Waals surface area (Å²) in [5.74, 6) is -1.42. The van der Waals surface area contributed by atoms with Crippen molar-refractivity contribution in [2.45, 2.75) is 57.7 Å². The Kier molecular flexibility index (Phi) is 8.74. The number of nitrogens with zero attached hydrogens (tertiary/aromatic N) is 1. The molecule has 2 fully saturated rings. The van der Waals surface area contributed by atoms with Crippen LogP contribution >= 0.6 is 0 Å². The molecule has 37 heavy (non-hydrogen) atoms. The van der Waals surface area contributed by atoms with E-state index in [1.165, 1.54) is 37.4 Å². The molecular weight excluding hydrogens is 488 g/mol. The lowest BCUT2D eigenvalue weighted by Crippen LogP contribution is -2.56. The highest BCUT2D eigenvalue weighted by Gasteiger charge is 2.40. The lowest BCUT2D eigenvalue weighted by molar-refractivity contribution is -0.0512. The van der Waals surface area contributed by atoms with Crippen molar-refractivity contribution in [3.05, 3.63) is 64.7 Å². The van der Waals surface area contributed by atoms with E-state index in [-0.39, 0.29) is 47.2 Å². The number of alkyl halides is 2. The van der Waals surface area contributed by atoms with Gasteiger partial charge >= 0.3 is 6.61 Å². The molecule has 1 saturated carbocycles. The van der Waals surface area contributed by atoms with Crippen LogP contribution in [0.5, 0.6) is 11.5 Å². The number of hydrogen-bond acceptors (Lipinski definition) is 4. The number of amides is 1. The molecule has 2 atom stereocenters. The van der Waals surface area contributed by atoms with Gasteiger partial charge in [-0.2, -0.15) is 8.78 Å². The smallest absolute Gasteiger partial charge is 0.387 e. The molecule has 200 valence electrons.